The van der Waals surface area contributed by atoms with E-state index in [1.807, 2.05) is 0 Å². The fourth-order valence-corrected chi connectivity index (χ4v) is 2.85. The summed E-state index contributed by atoms with van der Waals surface area (Å²) in [5.41, 5.74) is 6.05. The van der Waals surface area contributed by atoms with Crippen LogP contribution in [0.1, 0.15) is 44.8 Å². The Morgan fingerprint density at radius 3 is 2.84 bits per heavy atom. The van der Waals surface area contributed by atoms with Crippen molar-refractivity contribution in [3.8, 4) is 0 Å². The van der Waals surface area contributed by atoms with Crippen LogP contribution < -0.4 is 10.6 Å². The molecule has 0 bridgehead atoms. The van der Waals surface area contributed by atoms with Crippen LogP contribution in [0.5, 0.6) is 0 Å². The first-order chi connectivity index (χ1) is 8.99. The summed E-state index contributed by atoms with van der Waals surface area (Å²) in [6.45, 7) is 5.40. The summed E-state index contributed by atoms with van der Waals surface area (Å²) >= 11 is 1.49. The Morgan fingerprint density at radius 2 is 2.32 bits per heavy atom. The molecule has 1 atom stereocenters. The van der Waals surface area contributed by atoms with Crippen molar-refractivity contribution in [3.05, 3.63) is 11.1 Å². The summed E-state index contributed by atoms with van der Waals surface area (Å²) in [6, 6.07) is -0.435. The Kier molecular flexibility index (Phi) is 4.42. The number of hydrogen-bond donors (Lipinski definition) is 2. The molecule has 19 heavy (non-hydrogen) atoms. The van der Waals surface area contributed by atoms with Crippen molar-refractivity contribution in [2.24, 2.45) is 11.7 Å². The van der Waals surface area contributed by atoms with Crippen LogP contribution in [0.15, 0.2) is 5.38 Å². The summed E-state index contributed by atoms with van der Waals surface area (Å²) in [6.07, 6.45) is 3.53. The average molecular weight is 283 g/mol. The number of nitrogens with two attached hydrogens (primary N) is 1. The van der Waals surface area contributed by atoms with Gasteiger partial charge in [-0.25, -0.2) is 4.98 Å². The Hall–Kier alpha value is -1.14. The monoisotopic (exact) mass is 283 g/mol. The Bertz CT molecular complexity index is 443. The predicted octanol–water partition coefficient (Wildman–Crippen LogP) is 2.24. The minimum Gasteiger partial charge on any atom is -0.480 e. The van der Waals surface area contributed by atoms with E-state index < -0.39 is 12.0 Å². The maximum absolute atomic E-state index is 10.9. The van der Waals surface area contributed by atoms with E-state index in [0.29, 0.717) is 17.7 Å². The Balaban J connectivity index is 2.07. The first-order valence-electron chi connectivity index (χ1n) is 6.69. The molecule has 0 radical (unpaired) electrons. The van der Waals surface area contributed by atoms with Crippen molar-refractivity contribution in [2.75, 3.05) is 11.4 Å². The predicted molar refractivity (Wildman–Crippen MR) is 76.5 cm³/mol. The number of aromatic nitrogens is 1. The highest BCUT2D eigenvalue weighted by Crippen LogP contribution is 2.34. The van der Waals surface area contributed by atoms with Crippen LogP contribution in [0.3, 0.4) is 0 Å². The van der Waals surface area contributed by atoms with Gasteiger partial charge < -0.3 is 15.7 Å². The van der Waals surface area contributed by atoms with Gasteiger partial charge in [-0.1, -0.05) is 13.8 Å². The molecule has 6 heteroatoms. The molecule has 0 aliphatic heterocycles. The lowest BCUT2D eigenvalue weighted by Crippen LogP contribution is -2.28. The molecule has 1 saturated carbocycles. The maximum atomic E-state index is 10.9. The molecule has 1 aliphatic carbocycles. The lowest BCUT2D eigenvalue weighted by Gasteiger charge is -2.22. The van der Waals surface area contributed by atoms with Crippen molar-refractivity contribution in [2.45, 2.75) is 45.2 Å². The molecule has 1 heterocycles. The summed E-state index contributed by atoms with van der Waals surface area (Å²) in [4.78, 5) is 17.6. The van der Waals surface area contributed by atoms with Crippen LogP contribution >= 0.6 is 11.3 Å². The van der Waals surface area contributed by atoms with Crippen molar-refractivity contribution >= 4 is 22.4 Å². The number of carboxylic acid groups (broad SMARTS) is 1. The van der Waals surface area contributed by atoms with E-state index in [4.69, 9.17) is 10.8 Å². The molecule has 0 aromatic carbocycles. The van der Waals surface area contributed by atoms with Gasteiger partial charge in [0.25, 0.3) is 0 Å². The van der Waals surface area contributed by atoms with Gasteiger partial charge in [-0.05, 0) is 25.2 Å². The van der Waals surface area contributed by atoms with Gasteiger partial charge in [-0.3, -0.25) is 4.79 Å². The fourth-order valence-electron chi connectivity index (χ4n) is 1.90. The number of rotatable bonds is 7. The highest BCUT2D eigenvalue weighted by Gasteiger charge is 2.31. The second kappa shape index (κ2) is 5.88. The maximum Gasteiger partial charge on any atom is 0.326 e. The first-order valence-corrected chi connectivity index (χ1v) is 7.57. The Morgan fingerprint density at radius 1 is 1.63 bits per heavy atom. The number of aliphatic carboxylic acids is 1. The van der Waals surface area contributed by atoms with Gasteiger partial charge in [0.15, 0.2) is 5.13 Å². The van der Waals surface area contributed by atoms with Crippen molar-refractivity contribution in [3.63, 3.8) is 0 Å². The van der Waals surface area contributed by atoms with E-state index in [1.54, 1.807) is 5.38 Å². The summed E-state index contributed by atoms with van der Waals surface area (Å²) in [5, 5.41) is 11.6. The average Bonchev–Trinajstić information content (AvgIpc) is 3.05. The molecule has 2 rings (SSSR count). The molecule has 1 unspecified atom stereocenters. The quantitative estimate of drug-likeness (QED) is 0.802. The van der Waals surface area contributed by atoms with Gasteiger partial charge in [-0.15, -0.1) is 11.3 Å². The van der Waals surface area contributed by atoms with E-state index in [2.05, 4.69) is 23.7 Å². The number of hydrogen-bond acceptors (Lipinski definition) is 5. The SMILES string of the molecule is CC(C)CCN(c1nc(C(N)C(=O)O)cs1)C1CC1. The van der Waals surface area contributed by atoms with E-state index in [9.17, 15) is 4.79 Å². The first kappa shape index (κ1) is 14.3. The lowest BCUT2D eigenvalue weighted by atomic mass is 10.1. The highest BCUT2D eigenvalue weighted by molar-refractivity contribution is 7.13. The van der Waals surface area contributed by atoms with Gasteiger partial charge >= 0.3 is 5.97 Å². The van der Waals surface area contributed by atoms with E-state index in [-0.39, 0.29) is 0 Å². The number of carbonyl (C=O) groups is 1. The normalized spacial score (nSPS) is 16.6. The van der Waals surface area contributed by atoms with Gasteiger partial charge in [0.2, 0.25) is 0 Å². The van der Waals surface area contributed by atoms with Crippen LogP contribution in [-0.4, -0.2) is 28.6 Å². The number of nitrogens with zero attached hydrogens (tertiary/aromatic N) is 2. The highest BCUT2D eigenvalue weighted by atomic mass is 32.1. The van der Waals surface area contributed by atoms with Crippen molar-refractivity contribution < 1.29 is 9.90 Å². The molecule has 3 N–H and O–H groups in total. The van der Waals surface area contributed by atoms with Crippen LogP contribution in [-0.2, 0) is 4.79 Å². The summed E-state index contributed by atoms with van der Waals surface area (Å²) in [5.74, 6) is -0.376. The number of carboxylic acids is 1. The molecule has 1 aliphatic rings. The lowest BCUT2D eigenvalue weighted by molar-refractivity contribution is -0.138. The van der Waals surface area contributed by atoms with Crippen molar-refractivity contribution in [1.29, 1.82) is 0 Å². The zero-order valence-electron chi connectivity index (χ0n) is 11.4. The minimum absolute atomic E-state index is 0.461. The van der Waals surface area contributed by atoms with Gasteiger partial charge in [0.1, 0.15) is 6.04 Å². The standard InChI is InChI=1S/C13H21N3O2S/c1-8(2)5-6-16(9-3-4-9)13-15-10(7-19-13)11(14)12(17)18/h7-9,11H,3-6,14H2,1-2H3,(H,17,18). The van der Waals surface area contributed by atoms with Gasteiger partial charge in [-0.2, -0.15) is 0 Å². The molecule has 1 aromatic heterocycles. The summed E-state index contributed by atoms with van der Waals surface area (Å²) < 4.78 is 0. The Labute approximate surface area is 117 Å². The van der Waals surface area contributed by atoms with E-state index in [1.165, 1.54) is 24.2 Å². The zero-order chi connectivity index (χ0) is 14.0. The van der Waals surface area contributed by atoms with Crippen LogP contribution in [0.4, 0.5) is 5.13 Å². The third kappa shape index (κ3) is 3.67. The second-order valence-corrected chi connectivity index (χ2v) is 6.31. The molecule has 1 aromatic rings. The molecule has 0 saturated heterocycles. The molecule has 1 fully saturated rings. The van der Waals surface area contributed by atoms with Gasteiger partial charge in [0, 0.05) is 18.0 Å². The van der Waals surface area contributed by atoms with Crippen molar-refractivity contribution in [1.82, 2.24) is 4.98 Å². The number of thiazole rings is 1. The van der Waals surface area contributed by atoms with Gasteiger partial charge in [0.05, 0.1) is 5.69 Å². The number of anilines is 1. The zero-order valence-corrected chi connectivity index (χ0v) is 12.2. The molecular formula is C13H21N3O2S. The molecule has 0 amide bonds. The second-order valence-electron chi connectivity index (χ2n) is 5.48. The molecule has 5 nitrogen and oxygen atoms in total. The van der Waals surface area contributed by atoms with E-state index >= 15 is 0 Å². The smallest absolute Gasteiger partial charge is 0.326 e. The van der Waals surface area contributed by atoms with Crippen LogP contribution in [0.25, 0.3) is 0 Å². The summed E-state index contributed by atoms with van der Waals surface area (Å²) in [7, 11) is 0. The molecule has 106 valence electrons. The largest absolute Gasteiger partial charge is 0.480 e. The topological polar surface area (TPSA) is 79.5 Å². The van der Waals surface area contributed by atoms with Crippen LogP contribution in [0.2, 0.25) is 0 Å². The third-order valence-corrected chi connectivity index (χ3v) is 4.17. The molecule has 0 spiro atoms. The fraction of sp³-hybridized carbons (Fsp3) is 0.692. The third-order valence-electron chi connectivity index (χ3n) is 3.28. The van der Waals surface area contributed by atoms with Crippen LogP contribution in [0, 0.1) is 5.92 Å². The minimum atomic E-state index is -1.03. The van der Waals surface area contributed by atoms with E-state index in [0.717, 1.165) is 18.1 Å². The molecular weight excluding hydrogens is 262 g/mol.